The van der Waals surface area contributed by atoms with Crippen molar-refractivity contribution in [3.63, 3.8) is 0 Å². The maximum Gasteiger partial charge on any atom is 0.434 e. The second-order valence-electron chi connectivity index (χ2n) is 8.80. The summed E-state index contributed by atoms with van der Waals surface area (Å²) in [5.74, 6) is 0.203. The number of rotatable bonds is 5. The molecule has 0 bridgehead atoms. The van der Waals surface area contributed by atoms with Gasteiger partial charge in [-0.05, 0) is 62.4 Å². The Morgan fingerprint density at radius 1 is 1.21 bits per heavy atom. The highest BCUT2D eigenvalue weighted by Gasteiger charge is 2.34. The Morgan fingerprint density at radius 3 is 2.59 bits per heavy atom. The van der Waals surface area contributed by atoms with E-state index in [0.717, 1.165) is 37.4 Å². The first-order chi connectivity index (χ1) is 16.2. The molecule has 9 heteroatoms. The van der Waals surface area contributed by atoms with E-state index >= 15 is 0 Å². The molecule has 1 unspecified atom stereocenters. The Kier molecular flexibility index (Phi) is 6.51. The van der Waals surface area contributed by atoms with Crippen LogP contribution in [0.1, 0.15) is 60.1 Å². The monoisotopic (exact) mass is 469 g/mol. The zero-order valence-electron chi connectivity index (χ0n) is 19.0. The summed E-state index contributed by atoms with van der Waals surface area (Å²) < 4.78 is 40.9. The standard InChI is InChI=1S/C25H26F3N5O/c1-16(14-29)17-5-3-6-18(13-17)24(34)30-19-9-11-20(12-10-19)32(2)23-8-4-7-22-31-21(15-33(22)23)25(26,27)28/h3-8,13,15-16,19-20H,9-12H2,1-2H3,(H,30,34)/t16?,19-,20+. The minimum absolute atomic E-state index is 0.0232. The Morgan fingerprint density at radius 2 is 1.91 bits per heavy atom. The van der Waals surface area contributed by atoms with Crippen molar-refractivity contribution in [2.24, 2.45) is 0 Å². The summed E-state index contributed by atoms with van der Waals surface area (Å²) in [6.07, 6.45) is -0.335. The van der Waals surface area contributed by atoms with Gasteiger partial charge < -0.3 is 10.2 Å². The molecule has 1 aliphatic carbocycles. The number of nitrogens with zero attached hydrogens (tertiary/aromatic N) is 4. The quantitative estimate of drug-likeness (QED) is 0.560. The van der Waals surface area contributed by atoms with Gasteiger partial charge in [0.1, 0.15) is 11.5 Å². The number of aromatic nitrogens is 2. The average molecular weight is 470 g/mol. The Balaban J connectivity index is 1.40. The van der Waals surface area contributed by atoms with Crippen molar-refractivity contribution in [3.05, 3.63) is 65.5 Å². The van der Waals surface area contributed by atoms with E-state index in [1.807, 2.05) is 18.0 Å². The van der Waals surface area contributed by atoms with Crippen molar-refractivity contribution in [1.82, 2.24) is 14.7 Å². The zero-order valence-corrected chi connectivity index (χ0v) is 19.0. The molecule has 1 atom stereocenters. The lowest BCUT2D eigenvalue weighted by Crippen LogP contribution is -2.43. The molecule has 4 rings (SSSR count). The van der Waals surface area contributed by atoms with E-state index in [1.165, 1.54) is 4.40 Å². The number of anilines is 1. The van der Waals surface area contributed by atoms with Gasteiger partial charge in [-0.3, -0.25) is 9.20 Å². The maximum atomic E-state index is 13.1. The predicted octanol–water partition coefficient (Wildman–Crippen LogP) is 5.16. The van der Waals surface area contributed by atoms with E-state index in [9.17, 15) is 18.0 Å². The van der Waals surface area contributed by atoms with Crippen LogP contribution in [-0.4, -0.2) is 34.4 Å². The normalized spacial score (nSPS) is 19.4. The van der Waals surface area contributed by atoms with Crippen molar-refractivity contribution in [1.29, 1.82) is 5.26 Å². The van der Waals surface area contributed by atoms with Crippen molar-refractivity contribution < 1.29 is 18.0 Å². The number of hydrogen-bond acceptors (Lipinski definition) is 4. The third-order valence-electron chi connectivity index (χ3n) is 6.54. The summed E-state index contributed by atoms with van der Waals surface area (Å²) >= 11 is 0. The molecule has 1 aromatic carbocycles. The highest BCUT2D eigenvalue weighted by molar-refractivity contribution is 5.94. The van der Waals surface area contributed by atoms with Crippen LogP contribution in [0.4, 0.5) is 19.0 Å². The summed E-state index contributed by atoms with van der Waals surface area (Å²) in [6.45, 7) is 1.79. The van der Waals surface area contributed by atoms with Gasteiger partial charge in [0.25, 0.3) is 5.91 Å². The first-order valence-electron chi connectivity index (χ1n) is 11.3. The number of halogens is 3. The summed E-state index contributed by atoms with van der Waals surface area (Å²) in [7, 11) is 1.88. The van der Waals surface area contributed by atoms with Gasteiger partial charge in [-0.25, -0.2) is 4.98 Å². The van der Waals surface area contributed by atoms with E-state index in [1.54, 1.807) is 43.3 Å². The molecule has 0 spiro atoms. The lowest BCUT2D eigenvalue weighted by atomic mass is 9.90. The lowest BCUT2D eigenvalue weighted by molar-refractivity contribution is -0.140. The molecule has 1 fully saturated rings. The largest absolute Gasteiger partial charge is 0.434 e. The van der Waals surface area contributed by atoms with E-state index in [4.69, 9.17) is 5.26 Å². The topological polar surface area (TPSA) is 73.4 Å². The molecule has 1 N–H and O–H groups in total. The number of carbonyl (C=O) groups excluding carboxylic acids is 1. The number of pyridine rings is 1. The van der Waals surface area contributed by atoms with E-state index < -0.39 is 11.9 Å². The maximum absolute atomic E-state index is 13.1. The summed E-state index contributed by atoms with van der Waals surface area (Å²) in [4.78, 5) is 18.4. The molecule has 34 heavy (non-hydrogen) atoms. The summed E-state index contributed by atoms with van der Waals surface area (Å²) in [5.41, 5.74) is 0.688. The number of nitriles is 1. The van der Waals surface area contributed by atoms with Crippen LogP contribution in [0.5, 0.6) is 0 Å². The third kappa shape index (κ3) is 4.86. The number of amides is 1. The van der Waals surface area contributed by atoms with Gasteiger partial charge in [0.05, 0.1) is 12.0 Å². The van der Waals surface area contributed by atoms with Crippen LogP contribution >= 0.6 is 0 Å². The van der Waals surface area contributed by atoms with Gasteiger partial charge >= 0.3 is 6.18 Å². The fourth-order valence-electron chi connectivity index (χ4n) is 4.51. The molecule has 0 aliphatic heterocycles. The van der Waals surface area contributed by atoms with Gasteiger partial charge in [0.2, 0.25) is 0 Å². The molecule has 0 saturated heterocycles. The number of carbonyl (C=O) groups is 1. The molecule has 1 saturated carbocycles. The fraction of sp³-hybridized carbons (Fsp3) is 0.400. The van der Waals surface area contributed by atoms with Crippen molar-refractivity contribution in [3.8, 4) is 6.07 Å². The van der Waals surface area contributed by atoms with Gasteiger partial charge in [0, 0.05) is 30.9 Å². The lowest BCUT2D eigenvalue weighted by Gasteiger charge is -2.36. The second-order valence-corrected chi connectivity index (χ2v) is 8.80. The molecule has 2 heterocycles. The zero-order chi connectivity index (χ0) is 24.5. The Labute approximate surface area is 196 Å². The summed E-state index contributed by atoms with van der Waals surface area (Å²) in [6, 6.07) is 14.5. The van der Waals surface area contributed by atoms with Crippen LogP contribution in [-0.2, 0) is 6.18 Å². The van der Waals surface area contributed by atoms with Crippen LogP contribution in [0, 0.1) is 11.3 Å². The number of benzene rings is 1. The molecule has 6 nitrogen and oxygen atoms in total. The molecule has 1 amide bonds. The van der Waals surface area contributed by atoms with Crippen LogP contribution in [0.3, 0.4) is 0 Å². The van der Waals surface area contributed by atoms with E-state index in [2.05, 4.69) is 16.4 Å². The summed E-state index contributed by atoms with van der Waals surface area (Å²) in [5, 5.41) is 12.2. The molecule has 0 radical (unpaired) electrons. The van der Waals surface area contributed by atoms with Gasteiger partial charge in [0.15, 0.2) is 5.69 Å². The smallest absolute Gasteiger partial charge is 0.358 e. The van der Waals surface area contributed by atoms with Crippen molar-refractivity contribution in [2.45, 2.75) is 56.8 Å². The van der Waals surface area contributed by atoms with Gasteiger partial charge in [-0.15, -0.1) is 0 Å². The van der Waals surface area contributed by atoms with Crippen molar-refractivity contribution in [2.75, 3.05) is 11.9 Å². The van der Waals surface area contributed by atoms with E-state index in [0.29, 0.717) is 11.4 Å². The number of imidazole rings is 1. The first kappa shape index (κ1) is 23.6. The molecule has 3 aromatic rings. The van der Waals surface area contributed by atoms with Crippen LogP contribution in [0.15, 0.2) is 48.7 Å². The first-order valence-corrected chi connectivity index (χ1v) is 11.3. The number of hydrogen-bond donors (Lipinski definition) is 1. The molecule has 178 valence electrons. The van der Waals surface area contributed by atoms with Crippen LogP contribution < -0.4 is 10.2 Å². The molecular weight excluding hydrogens is 443 g/mol. The number of alkyl halides is 3. The third-order valence-corrected chi connectivity index (χ3v) is 6.54. The minimum Gasteiger partial charge on any atom is -0.358 e. The van der Waals surface area contributed by atoms with Crippen LogP contribution in [0.25, 0.3) is 5.65 Å². The number of fused-ring (bicyclic) bond motifs is 1. The SMILES string of the molecule is CC(C#N)c1cccc(C(=O)N[C@H]2CC[C@@H](N(C)c3cccc4nc(C(F)(F)F)cn34)CC2)c1. The second kappa shape index (κ2) is 9.37. The molecule has 1 aliphatic rings. The van der Waals surface area contributed by atoms with E-state index in [-0.39, 0.29) is 29.6 Å². The Hall–Kier alpha value is -3.54. The fourth-order valence-corrected chi connectivity index (χ4v) is 4.51. The van der Waals surface area contributed by atoms with Gasteiger partial charge in [-0.1, -0.05) is 18.2 Å². The minimum atomic E-state index is -4.50. The molecular formula is C25H26F3N5O. The number of nitrogens with one attached hydrogen (secondary N) is 1. The Bertz CT molecular complexity index is 1220. The van der Waals surface area contributed by atoms with Crippen LogP contribution in [0.2, 0.25) is 0 Å². The average Bonchev–Trinajstić information content (AvgIpc) is 3.29. The van der Waals surface area contributed by atoms with Gasteiger partial charge in [-0.2, -0.15) is 18.4 Å². The van der Waals surface area contributed by atoms with Crippen molar-refractivity contribution >= 4 is 17.4 Å². The highest BCUT2D eigenvalue weighted by atomic mass is 19.4. The predicted molar refractivity (Wildman–Crippen MR) is 123 cm³/mol. The highest BCUT2D eigenvalue weighted by Crippen LogP contribution is 2.32. The molecule has 2 aromatic heterocycles.